The zero-order chi connectivity index (χ0) is 22.7. The van der Waals surface area contributed by atoms with Crippen LogP contribution in [0.5, 0.6) is 11.5 Å². The second kappa shape index (κ2) is 10.1. The molecule has 0 fully saturated rings. The smallest absolute Gasteiger partial charge is 0.363 e. The first-order chi connectivity index (χ1) is 15.4. The van der Waals surface area contributed by atoms with E-state index in [4.69, 9.17) is 25.8 Å². The fourth-order valence-corrected chi connectivity index (χ4v) is 3.93. The Labute approximate surface area is 212 Å². The van der Waals surface area contributed by atoms with Gasteiger partial charge in [0.2, 0.25) is 5.90 Å². The van der Waals surface area contributed by atoms with Crippen molar-refractivity contribution in [3.63, 3.8) is 0 Å². The quantitative estimate of drug-likeness (QED) is 0.175. The largest absolute Gasteiger partial charge is 0.493 e. The summed E-state index contributed by atoms with van der Waals surface area (Å²) in [6, 6.07) is 18.7. The second-order valence-corrected chi connectivity index (χ2v) is 9.35. The van der Waals surface area contributed by atoms with Crippen LogP contribution in [0.3, 0.4) is 0 Å². The average molecular weight is 625 g/mol. The lowest BCUT2D eigenvalue weighted by atomic mass is 10.1. The van der Waals surface area contributed by atoms with Crippen molar-refractivity contribution in [1.82, 2.24) is 0 Å². The molecule has 0 spiro atoms. The number of rotatable bonds is 6. The van der Waals surface area contributed by atoms with Crippen LogP contribution in [-0.2, 0) is 16.1 Å². The summed E-state index contributed by atoms with van der Waals surface area (Å²) in [5, 5.41) is 0.465. The van der Waals surface area contributed by atoms with E-state index in [9.17, 15) is 4.79 Å². The lowest BCUT2D eigenvalue weighted by Crippen LogP contribution is -2.06. The predicted molar refractivity (Wildman–Crippen MR) is 136 cm³/mol. The van der Waals surface area contributed by atoms with Crippen LogP contribution in [0.1, 0.15) is 16.7 Å². The number of hydrogen-bond acceptors (Lipinski definition) is 5. The van der Waals surface area contributed by atoms with Gasteiger partial charge in [0, 0.05) is 8.04 Å². The van der Waals surface area contributed by atoms with Crippen LogP contribution in [0, 0.1) is 3.57 Å². The molecule has 0 saturated heterocycles. The lowest BCUT2D eigenvalue weighted by Gasteiger charge is -2.11. The SMILES string of the molecule is COc1cc(/C=C2\N=C(c3cc(I)ccc3Cl)OC2=O)ccc1OCc1ccc(Br)cc1. The summed E-state index contributed by atoms with van der Waals surface area (Å²) in [6.45, 7) is 0.403. The Bertz CT molecular complexity index is 1240. The molecule has 0 aliphatic carbocycles. The van der Waals surface area contributed by atoms with Crippen LogP contribution in [0.15, 0.2) is 75.8 Å². The van der Waals surface area contributed by atoms with Gasteiger partial charge in [0.25, 0.3) is 0 Å². The molecule has 0 atom stereocenters. The molecule has 0 saturated carbocycles. The van der Waals surface area contributed by atoms with Gasteiger partial charge in [0.1, 0.15) is 6.61 Å². The van der Waals surface area contributed by atoms with Crippen LogP contribution in [0.4, 0.5) is 0 Å². The highest BCUT2D eigenvalue weighted by Crippen LogP contribution is 2.31. The summed E-state index contributed by atoms with van der Waals surface area (Å²) in [4.78, 5) is 16.7. The van der Waals surface area contributed by atoms with Gasteiger partial charge in [-0.1, -0.05) is 45.7 Å². The Morgan fingerprint density at radius 1 is 1.09 bits per heavy atom. The minimum atomic E-state index is -0.538. The first-order valence-electron chi connectivity index (χ1n) is 9.46. The van der Waals surface area contributed by atoms with Gasteiger partial charge >= 0.3 is 5.97 Å². The van der Waals surface area contributed by atoms with Crippen molar-refractivity contribution in [1.29, 1.82) is 0 Å². The molecule has 0 unspecified atom stereocenters. The molecule has 4 rings (SSSR count). The third kappa shape index (κ3) is 5.33. The Kier molecular flexibility index (Phi) is 7.17. The first-order valence-corrected chi connectivity index (χ1v) is 11.7. The van der Waals surface area contributed by atoms with E-state index in [0.717, 1.165) is 19.2 Å². The summed E-state index contributed by atoms with van der Waals surface area (Å²) in [7, 11) is 1.57. The number of halogens is 3. The van der Waals surface area contributed by atoms with Crippen LogP contribution in [-0.4, -0.2) is 19.0 Å². The number of cyclic esters (lactones) is 1. The highest BCUT2D eigenvalue weighted by Gasteiger charge is 2.26. The number of benzene rings is 3. The molecule has 0 N–H and O–H groups in total. The van der Waals surface area contributed by atoms with Crippen molar-refractivity contribution < 1.29 is 19.0 Å². The predicted octanol–water partition coefficient (Wildman–Crippen LogP) is 6.64. The number of methoxy groups -OCH3 is 1. The Hall–Kier alpha value is -2.36. The van der Waals surface area contributed by atoms with E-state index in [-0.39, 0.29) is 11.6 Å². The van der Waals surface area contributed by atoms with Crippen LogP contribution in [0.25, 0.3) is 6.08 Å². The fraction of sp³-hybridized carbons (Fsp3) is 0.0833. The van der Waals surface area contributed by atoms with Gasteiger partial charge in [-0.25, -0.2) is 9.79 Å². The van der Waals surface area contributed by atoms with Gasteiger partial charge in [-0.2, -0.15) is 0 Å². The second-order valence-electron chi connectivity index (χ2n) is 6.79. The molecule has 1 heterocycles. The summed E-state index contributed by atoms with van der Waals surface area (Å²) < 4.78 is 18.7. The van der Waals surface area contributed by atoms with E-state index in [2.05, 4.69) is 43.5 Å². The summed E-state index contributed by atoms with van der Waals surface area (Å²) in [6.07, 6.45) is 1.64. The third-order valence-corrected chi connectivity index (χ3v) is 6.11. The maximum absolute atomic E-state index is 12.4. The van der Waals surface area contributed by atoms with E-state index in [1.807, 2.05) is 42.5 Å². The minimum Gasteiger partial charge on any atom is -0.493 e. The summed E-state index contributed by atoms with van der Waals surface area (Å²) in [5.41, 5.74) is 2.51. The monoisotopic (exact) mass is 623 g/mol. The van der Waals surface area contributed by atoms with Crippen molar-refractivity contribution >= 4 is 68.1 Å². The van der Waals surface area contributed by atoms with Gasteiger partial charge in [0.05, 0.1) is 17.7 Å². The topological polar surface area (TPSA) is 57.1 Å². The summed E-state index contributed by atoms with van der Waals surface area (Å²) in [5.74, 6) is 0.796. The molecule has 3 aromatic carbocycles. The number of esters is 1. The molecule has 1 aliphatic rings. The Morgan fingerprint density at radius 3 is 2.62 bits per heavy atom. The van der Waals surface area contributed by atoms with Crippen molar-refractivity contribution in [2.75, 3.05) is 7.11 Å². The maximum Gasteiger partial charge on any atom is 0.363 e. The molecule has 0 aromatic heterocycles. The number of ether oxygens (including phenoxy) is 3. The van der Waals surface area contributed by atoms with Gasteiger partial charge in [-0.15, -0.1) is 0 Å². The van der Waals surface area contributed by atoms with Crippen molar-refractivity contribution in [2.24, 2.45) is 4.99 Å². The molecule has 8 heteroatoms. The molecule has 1 aliphatic heterocycles. The van der Waals surface area contributed by atoms with E-state index in [1.165, 1.54) is 0 Å². The molecule has 0 bridgehead atoms. The van der Waals surface area contributed by atoms with E-state index in [1.54, 1.807) is 31.4 Å². The molecule has 3 aromatic rings. The van der Waals surface area contributed by atoms with Crippen molar-refractivity contribution in [3.05, 3.63) is 96.1 Å². The number of carbonyl (C=O) groups is 1. The van der Waals surface area contributed by atoms with Gasteiger partial charge in [-0.05, 0) is 82.3 Å². The van der Waals surface area contributed by atoms with Crippen LogP contribution >= 0.6 is 50.1 Å². The number of carbonyl (C=O) groups excluding carboxylic acids is 1. The van der Waals surface area contributed by atoms with Gasteiger partial charge < -0.3 is 14.2 Å². The van der Waals surface area contributed by atoms with E-state index in [0.29, 0.717) is 28.7 Å². The van der Waals surface area contributed by atoms with E-state index < -0.39 is 5.97 Å². The highest BCUT2D eigenvalue weighted by molar-refractivity contribution is 14.1. The fourth-order valence-electron chi connectivity index (χ4n) is 2.98. The average Bonchev–Trinajstić information content (AvgIpc) is 3.15. The molecule has 162 valence electrons. The number of nitrogens with zero attached hydrogens (tertiary/aromatic N) is 1. The van der Waals surface area contributed by atoms with Gasteiger partial charge in [-0.3, -0.25) is 0 Å². The molecular formula is C24H16BrClINO4. The summed E-state index contributed by atoms with van der Waals surface area (Å²) >= 11 is 11.8. The highest BCUT2D eigenvalue weighted by atomic mass is 127. The first kappa shape index (κ1) is 22.8. The van der Waals surface area contributed by atoms with Crippen molar-refractivity contribution in [3.8, 4) is 11.5 Å². The molecular weight excluding hydrogens is 609 g/mol. The van der Waals surface area contributed by atoms with Crippen LogP contribution < -0.4 is 9.47 Å². The van der Waals surface area contributed by atoms with Gasteiger partial charge in [0.15, 0.2) is 17.2 Å². The normalized spacial score (nSPS) is 14.3. The van der Waals surface area contributed by atoms with E-state index >= 15 is 0 Å². The van der Waals surface area contributed by atoms with Crippen molar-refractivity contribution in [2.45, 2.75) is 6.61 Å². The zero-order valence-electron chi connectivity index (χ0n) is 16.8. The number of hydrogen-bond donors (Lipinski definition) is 0. The minimum absolute atomic E-state index is 0.181. The zero-order valence-corrected chi connectivity index (χ0v) is 21.3. The molecule has 5 nitrogen and oxygen atoms in total. The standard InChI is InChI=1S/C24H16BrClINO4/c1-30-22-11-15(4-9-21(22)31-13-14-2-5-16(25)6-3-14)10-20-24(29)32-23(28-20)18-12-17(27)7-8-19(18)26/h2-12H,13H2,1H3/b20-10-. The van der Waals surface area contributed by atoms with Crippen LogP contribution in [0.2, 0.25) is 5.02 Å². The third-order valence-electron chi connectivity index (χ3n) is 4.58. The molecule has 0 radical (unpaired) electrons. The molecule has 32 heavy (non-hydrogen) atoms. The number of aliphatic imine (C=N–C) groups is 1. The molecule has 0 amide bonds. The Morgan fingerprint density at radius 2 is 1.88 bits per heavy atom. The lowest BCUT2D eigenvalue weighted by molar-refractivity contribution is -0.129. The Balaban J connectivity index is 1.55. The maximum atomic E-state index is 12.4.